The molecule has 1 aliphatic rings. The fourth-order valence-electron chi connectivity index (χ4n) is 4.13. The monoisotopic (exact) mass is 391 g/mol. The highest BCUT2D eigenvalue weighted by Gasteiger charge is 2.13. The van der Waals surface area contributed by atoms with Crippen LogP contribution < -0.4 is 15.7 Å². The average Bonchev–Trinajstić information content (AvgIpc) is 2.74. The second-order valence-corrected chi connectivity index (χ2v) is 8.09. The molecular weight excluding hydrogens is 362 g/mol. The molecule has 1 N–H and O–H groups in total. The summed E-state index contributed by atoms with van der Waals surface area (Å²) in [4.78, 5) is 12.5. The minimum Gasteiger partial charge on any atom is -0.493 e. The molecule has 3 aromatic rings. The van der Waals surface area contributed by atoms with Gasteiger partial charge in [-0.2, -0.15) is 0 Å². The van der Waals surface area contributed by atoms with Crippen LogP contribution in [0.25, 0.3) is 11.0 Å². The van der Waals surface area contributed by atoms with Crippen LogP contribution in [0.2, 0.25) is 0 Å². The first-order valence-electron chi connectivity index (χ1n) is 10.6. The molecule has 1 aliphatic heterocycles. The van der Waals surface area contributed by atoms with Crippen LogP contribution in [0.5, 0.6) is 5.75 Å². The summed E-state index contributed by atoms with van der Waals surface area (Å²) in [5.41, 5.74) is 3.18. The normalized spacial score (nSPS) is 16.8. The SMILES string of the molecule is Cc1ccc2oc(=O)c(Cc3ccccc3OCCCC3CCCNC3)cc2c1. The van der Waals surface area contributed by atoms with E-state index in [4.69, 9.17) is 9.15 Å². The molecule has 4 heteroatoms. The van der Waals surface area contributed by atoms with Gasteiger partial charge in [-0.3, -0.25) is 0 Å². The van der Waals surface area contributed by atoms with Crippen LogP contribution in [0.3, 0.4) is 0 Å². The molecule has 2 aromatic carbocycles. The van der Waals surface area contributed by atoms with Crippen LogP contribution in [0, 0.1) is 12.8 Å². The van der Waals surface area contributed by atoms with Gasteiger partial charge in [-0.15, -0.1) is 0 Å². The zero-order valence-corrected chi connectivity index (χ0v) is 17.1. The van der Waals surface area contributed by atoms with Gasteiger partial charge in [0.25, 0.3) is 0 Å². The highest BCUT2D eigenvalue weighted by Crippen LogP contribution is 2.23. The molecule has 4 rings (SSSR count). The summed E-state index contributed by atoms with van der Waals surface area (Å²) < 4.78 is 11.6. The van der Waals surface area contributed by atoms with Crippen LogP contribution >= 0.6 is 0 Å². The van der Waals surface area contributed by atoms with E-state index in [-0.39, 0.29) is 5.63 Å². The quantitative estimate of drug-likeness (QED) is 0.462. The minimum atomic E-state index is -0.277. The van der Waals surface area contributed by atoms with Gasteiger partial charge >= 0.3 is 5.63 Å². The Labute approximate surface area is 171 Å². The summed E-state index contributed by atoms with van der Waals surface area (Å²) >= 11 is 0. The summed E-state index contributed by atoms with van der Waals surface area (Å²) in [6.07, 6.45) is 5.36. The topological polar surface area (TPSA) is 51.5 Å². The first kappa shape index (κ1) is 19.7. The van der Waals surface area contributed by atoms with E-state index in [1.165, 1.54) is 19.3 Å². The smallest absolute Gasteiger partial charge is 0.339 e. The van der Waals surface area contributed by atoms with Crippen molar-refractivity contribution in [2.24, 2.45) is 5.92 Å². The number of hydrogen-bond acceptors (Lipinski definition) is 4. The Bertz CT molecular complexity index is 1020. The van der Waals surface area contributed by atoms with Crippen molar-refractivity contribution in [3.05, 3.63) is 75.6 Å². The fraction of sp³-hybridized carbons (Fsp3) is 0.400. The van der Waals surface area contributed by atoms with E-state index in [1.54, 1.807) is 0 Å². The molecule has 1 unspecified atom stereocenters. The Morgan fingerprint density at radius 2 is 2.03 bits per heavy atom. The number of hydrogen-bond donors (Lipinski definition) is 1. The van der Waals surface area contributed by atoms with Gasteiger partial charge in [-0.1, -0.05) is 29.8 Å². The van der Waals surface area contributed by atoms with Crippen molar-refractivity contribution in [1.82, 2.24) is 5.32 Å². The number of aryl methyl sites for hydroxylation is 1. The highest BCUT2D eigenvalue weighted by molar-refractivity contribution is 5.77. The lowest BCUT2D eigenvalue weighted by Gasteiger charge is -2.22. The number of piperidine rings is 1. The van der Waals surface area contributed by atoms with Crippen molar-refractivity contribution in [3.63, 3.8) is 0 Å². The number of nitrogens with one attached hydrogen (secondary N) is 1. The van der Waals surface area contributed by atoms with Crippen LogP contribution in [-0.2, 0) is 6.42 Å². The van der Waals surface area contributed by atoms with Gasteiger partial charge in [-0.05, 0) is 81.4 Å². The van der Waals surface area contributed by atoms with Gasteiger partial charge in [0.05, 0.1) is 6.61 Å². The third-order valence-corrected chi connectivity index (χ3v) is 5.73. The molecule has 1 fully saturated rings. The van der Waals surface area contributed by atoms with E-state index < -0.39 is 0 Å². The van der Waals surface area contributed by atoms with Gasteiger partial charge in [0, 0.05) is 17.4 Å². The number of para-hydroxylation sites is 1. The zero-order valence-electron chi connectivity index (χ0n) is 17.1. The van der Waals surface area contributed by atoms with Crippen molar-refractivity contribution in [1.29, 1.82) is 0 Å². The molecule has 2 heterocycles. The van der Waals surface area contributed by atoms with Crippen LogP contribution in [0.15, 0.2) is 57.7 Å². The Morgan fingerprint density at radius 1 is 1.14 bits per heavy atom. The van der Waals surface area contributed by atoms with Crippen LogP contribution in [0.1, 0.15) is 42.4 Å². The molecule has 0 amide bonds. The largest absolute Gasteiger partial charge is 0.493 e. The maximum absolute atomic E-state index is 12.5. The predicted octanol–water partition coefficient (Wildman–Crippen LogP) is 4.85. The standard InChI is InChI=1S/C25H29NO3/c1-18-10-11-24-21(14-18)16-22(25(27)29-24)15-20-8-2-3-9-23(20)28-13-5-7-19-6-4-12-26-17-19/h2-3,8-11,14,16,19,26H,4-7,12-13,15,17H2,1H3. The third-order valence-electron chi connectivity index (χ3n) is 5.73. The van der Waals surface area contributed by atoms with Crippen LogP contribution in [-0.4, -0.2) is 19.7 Å². The molecule has 152 valence electrons. The van der Waals surface area contributed by atoms with E-state index in [2.05, 4.69) is 5.32 Å². The summed E-state index contributed by atoms with van der Waals surface area (Å²) in [5, 5.41) is 4.43. The molecule has 0 aliphatic carbocycles. The van der Waals surface area contributed by atoms with E-state index >= 15 is 0 Å². The summed E-state index contributed by atoms with van der Waals surface area (Å²) in [6.45, 7) is 5.03. The van der Waals surface area contributed by atoms with Crippen molar-refractivity contribution in [3.8, 4) is 5.75 Å². The van der Waals surface area contributed by atoms with Gasteiger partial charge < -0.3 is 14.5 Å². The number of rotatable bonds is 7. The number of ether oxygens (including phenoxy) is 1. The number of fused-ring (bicyclic) bond motifs is 1. The maximum atomic E-state index is 12.5. The molecule has 1 atom stereocenters. The maximum Gasteiger partial charge on any atom is 0.339 e. The van der Waals surface area contributed by atoms with Gasteiger partial charge in [0.1, 0.15) is 11.3 Å². The molecule has 1 saturated heterocycles. The van der Waals surface area contributed by atoms with Gasteiger partial charge in [0.2, 0.25) is 0 Å². The second-order valence-electron chi connectivity index (χ2n) is 8.09. The molecular formula is C25H29NO3. The van der Waals surface area contributed by atoms with Gasteiger partial charge in [0.15, 0.2) is 0 Å². The van der Waals surface area contributed by atoms with Gasteiger partial charge in [-0.25, -0.2) is 4.79 Å². The lowest BCUT2D eigenvalue weighted by molar-refractivity contribution is 0.274. The lowest BCUT2D eigenvalue weighted by Crippen LogP contribution is -2.29. The fourth-order valence-corrected chi connectivity index (χ4v) is 4.13. The first-order valence-corrected chi connectivity index (χ1v) is 10.6. The summed E-state index contributed by atoms with van der Waals surface area (Å²) in [6, 6.07) is 15.8. The Hall–Kier alpha value is -2.59. The zero-order chi connectivity index (χ0) is 20.1. The average molecular weight is 392 g/mol. The highest BCUT2D eigenvalue weighted by atomic mass is 16.5. The Balaban J connectivity index is 1.43. The van der Waals surface area contributed by atoms with E-state index in [9.17, 15) is 4.79 Å². The van der Waals surface area contributed by atoms with Crippen LogP contribution in [0.4, 0.5) is 0 Å². The molecule has 0 bridgehead atoms. The van der Waals surface area contributed by atoms with E-state index in [1.807, 2.05) is 55.5 Å². The third kappa shape index (κ3) is 5.07. The molecule has 0 saturated carbocycles. The van der Waals surface area contributed by atoms with Crippen molar-refractivity contribution >= 4 is 11.0 Å². The molecule has 29 heavy (non-hydrogen) atoms. The number of benzene rings is 2. The van der Waals surface area contributed by atoms with E-state index in [0.717, 1.165) is 47.7 Å². The lowest BCUT2D eigenvalue weighted by atomic mass is 9.95. The van der Waals surface area contributed by atoms with Crippen molar-refractivity contribution in [2.75, 3.05) is 19.7 Å². The molecule has 4 nitrogen and oxygen atoms in total. The summed E-state index contributed by atoms with van der Waals surface area (Å²) in [7, 11) is 0. The Morgan fingerprint density at radius 3 is 2.90 bits per heavy atom. The molecule has 0 radical (unpaired) electrons. The second kappa shape index (κ2) is 9.27. The van der Waals surface area contributed by atoms with Crippen molar-refractivity contribution < 1.29 is 9.15 Å². The van der Waals surface area contributed by atoms with E-state index in [0.29, 0.717) is 24.2 Å². The predicted molar refractivity (Wildman–Crippen MR) is 117 cm³/mol. The Kier molecular flexibility index (Phi) is 6.30. The summed E-state index contributed by atoms with van der Waals surface area (Å²) in [5.74, 6) is 1.63. The van der Waals surface area contributed by atoms with Crippen molar-refractivity contribution in [2.45, 2.75) is 39.0 Å². The minimum absolute atomic E-state index is 0.277. The molecule has 0 spiro atoms. The molecule has 1 aromatic heterocycles. The first-order chi connectivity index (χ1) is 14.2.